The third-order valence-electron chi connectivity index (χ3n) is 3.53. The van der Waals surface area contributed by atoms with Gasteiger partial charge in [0.15, 0.2) is 0 Å². The first-order chi connectivity index (χ1) is 12.9. The Kier molecular flexibility index (Phi) is 7.42. The standard InChI is InChI=1S/C18H21N3O5S/c1-4-26-17(23)15-11(2)20-18(24)21-16(15)27-10-14(22)19-9-12-6-5-7-13(8-12)25-3/h5-8H,4,9-10H2,1-3H3,(H,19,22)(H,20,21,24). The number of aromatic amines is 1. The van der Waals surface area contributed by atoms with E-state index in [1.807, 2.05) is 24.3 Å². The summed E-state index contributed by atoms with van der Waals surface area (Å²) in [5.74, 6) is -0.125. The van der Waals surface area contributed by atoms with Crippen molar-refractivity contribution in [1.82, 2.24) is 15.3 Å². The van der Waals surface area contributed by atoms with Crippen LogP contribution in [0.15, 0.2) is 34.1 Å². The molecule has 0 saturated heterocycles. The van der Waals surface area contributed by atoms with Crippen LogP contribution in [0.2, 0.25) is 0 Å². The summed E-state index contributed by atoms with van der Waals surface area (Å²) in [5.41, 5.74) is 0.833. The molecule has 8 nitrogen and oxygen atoms in total. The van der Waals surface area contributed by atoms with Gasteiger partial charge in [0, 0.05) is 12.2 Å². The minimum atomic E-state index is -0.585. The van der Waals surface area contributed by atoms with E-state index in [2.05, 4.69) is 15.3 Å². The lowest BCUT2D eigenvalue weighted by atomic mass is 10.2. The number of carbonyl (C=O) groups excluding carboxylic acids is 2. The van der Waals surface area contributed by atoms with Crippen LogP contribution < -0.4 is 15.7 Å². The number of aryl methyl sites for hydroxylation is 1. The number of esters is 1. The number of thioether (sulfide) groups is 1. The van der Waals surface area contributed by atoms with Crippen LogP contribution in [0.25, 0.3) is 0 Å². The highest BCUT2D eigenvalue weighted by Gasteiger charge is 2.20. The van der Waals surface area contributed by atoms with Gasteiger partial charge in [-0.25, -0.2) is 9.59 Å². The van der Waals surface area contributed by atoms with Crippen LogP contribution in [-0.2, 0) is 16.1 Å². The first-order valence-electron chi connectivity index (χ1n) is 8.25. The molecule has 1 heterocycles. The zero-order valence-electron chi connectivity index (χ0n) is 15.3. The van der Waals surface area contributed by atoms with Crippen molar-refractivity contribution in [3.05, 3.63) is 51.6 Å². The molecule has 2 rings (SSSR count). The van der Waals surface area contributed by atoms with E-state index in [0.29, 0.717) is 18.0 Å². The molecule has 0 radical (unpaired) electrons. The maximum Gasteiger partial charge on any atom is 0.346 e. The zero-order chi connectivity index (χ0) is 19.8. The first kappa shape index (κ1) is 20.5. The van der Waals surface area contributed by atoms with Crippen LogP contribution in [-0.4, -0.2) is 41.3 Å². The smallest absolute Gasteiger partial charge is 0.346 e. The quantitative estimate of drug-likeness (QED) is 0.400. The number of hydrogen-bond acceptors (Lipinski definition) is 7. The van der Waals surface area contributed by atoms with Gasteiger partial charge in [-0.3, -0.25) is 4.79 Å². The van der Waals surface area contributed by atoms with Crippen LogP contribution in [0.3, 0.4) is 0 Å². The van der Waals surface area contributed by atoms with Crippen molar-refractivity contribution >= 4 is 23.6 Å². The third-order valence-corrected chi connectivity index (χ3v) is 4.51. The van der Waals surface area contributed by atoms with Crippen LogP contribution in [0.4, 0.5) is 0 Å². The lowest BCUT2D eigenvalue weighted by molar-refractivity contribution is -0.118. The zero-order valence-corrected chi connectivity index (χ0v) is 16.1. The second-order valence-electron chi connectivity index (χ2n) is 5.48. The summed E-state index contributed by atoms with van der Waals surface area (Å²) in [6.07, 6.45) is 0. The molecule has 2 N–H and O–H groups in total. The first-order valence-corrected chi connectivity index (χ1v) is 9.23. The maximum atomic E-state index is 12.1. The Morgan fingerprint density at radius 3 is 2.81 bits per heavy atom. The number of rotatable bonds is 8. The van der Waals surface area contributed by atoms with Gasteiger partial charge in [-0.1, -0.05) is 23.9 Å². The SMILES string of the molecule is CCOC(=O)c1c(SCC(=O)NCc2cccc(OC)c2)nc(=O)[nH]c1C. The van der Waals surface area contributed by atoms with Crippen LogP contribution in [0.5, 0.6) is 5.75 Å². The van der Waals surface area contributed by atoms with Crippen molar-refractivity contribution < 1.29 is 19.1 Å². The van der Waals surface area contributed by atoms with Gasteiger partial charge >= 0.3 is 11.7 Å². The van der Waals surface area contributed by atoms with Gasteiger partial charge < -0.3 is 19.8 Å². The molecule has 1 aromatic heterocycles. The average molecular weight is 391 g/mol. The largest absolute Gasteiger partial charge is 0.497 e. The number of amides is 1. The number of nitrogens with one attached hydrogen (secondary N) is 2. The summed E-state index contributed by atoms with van der Waals surface area (Å²) in [6, 6.07) is 7.35. The lowest BCUT2D eigenvalue weighted by Gasteiger charge is -2.10. The summed E-state index contributed by atoms with van der Waals surface area (Å²) >= 11 is 1.01. The summed E-state index contributed by atoms with van der Waals surface area (Å²) in [6.45, 7) is 3.80. The van der Waals surface area contributed by atoms with E-state index in [0.717, 1.165) is 17.3 Å². The van der Waals surface area contributed by atoms with Crippen LogP contribution >= 0.6 is 11.8 Å². The second-order valence-corrected chi connectivity index (χ2v) is 6.45. The van der Waals surface area contributed by atoms with Gasteiger partial charge in [0.25, 0.3) is 0 Å². The third kappa shape index (κ3) is 5.85. The van der Waals surface area contributed by atoms with Gasteiger partial charge in [0.2, 0.25) is 5.91 Å². The fraction of sp³-hybridized carbons (Fsp3) is 0.333. The molecular formula is C18H21N3O5S. The molecule has 0 unspecified atom stereocenters. The van der Waals surface area contributed by atoms with E-state index < -0.39 is 11.7 Å². The molecule has 0 spiro atoms. The summed E-state index contributed by atoms with van der Waals surface area (Å²) in [4.78, 5) is 42.1. The maximum absolute atomic E-state index is 12.1. The van der Waals surface area contributed by atoms with Gasteiger partial charge in [-0.15, -0.1) is 0 Å². The molecule has 0 fully saturated rings. The monoisotopic (exact) mass is 391 g/mol. The number of ether oxygens (including phenoxy) is 2. The number of H-pyrrole nitrogens is 1. The highest BCUT2D eigenvalue weighted by molar-refractivity contribution is 8.00. The van der Waals surface area contributed by atoms with E-state index in [1.54, 1.807) is 21.0 Å². The van der Waals surface area contributed by atoms with Crippen molar-refractivity contribution in [2.75, 3.05) is 19.5 Å². The van der Waals surface area contributed by atoms with Crippen molar-refractivity contribution in [3.63, 3.8) is 0 Å². The Labute approximate surface area is 160 Å². The highest BCUT2D eigenvalue weighted by atomic mass is 32.2. The number of hydrogen-bond donors (Lipinski definition) is 2. The second kappa shape index (κ2) is 9.77. The molecule has 1 amide bonds. The molecule has 1 aromatic carbocycles. The minimum absolute atomic E-state index is 0.00622. The minimum Gasteiger partial charge on any atom is -0.497 e. The molecule has 144 valence electrons. The Balaban J connectivity index is 2.01. The molecule has 0 aliphatic rings. The van der Waals surface area contributed by atoms with Gasteiger partial charge in [-0.05, 0) is 31.5 Å². The number of methoxy groups -OCH3 is 1. The molecular weight excluding hydrogens is 370 g/mol. The molecule has 0 saturated carbocycles. The molecule has 0 aliphatic heterocycles. The topological polar surface area (TPSA) is 110 Å². The Morgan fingerprint density at radius 2 is 2.11 bits per heavy atom. The van der Waals surface area contributed by atoms with Crippen molar-refractivity contribution in [2.45, 2.75) is 25.4 Å². The van der Waals surface area contributed by atoms with Gasteiger partial charge in [0.1, 0.15) is 16.3 Å². The average Bonchev–Trinajstić information content (AvgIpc) is 2.64. The van der Waals surface area contributed by atoms with Crippen molar-refractivity contribution in [2.24, 2.45) is 0 Å². The summed E-state index contributed by atoms with van der Waals surface area (Å²) in [7, 11) is 1.58. The van der Waals surface area contributed by atoms with E-state index in [-0.39, 0.29) is 28.9 Å². The Bertz CT molecular complexity index is 882. The van der Waals surface area contributed by atoms with E-state index in [4.69, 9.17) is 9.47 Å². The predicted molar refractivity (Wildman–Crippen MR) is 101 cm³/mol. The molecule has 2 aromatic rings. The molecule has 0 bridgehead atoms. The van der Waals surface area contributed by atoms with Gasteiger partial charge in [-0.2, -0.15) is 4.98 Å². The van der Waals surface area contributed by atoms with Crippen LogP contribution in [0, 0.1) is 6.92 Å². The van der Waals surface area contributed by atoms with Crippen molar-refractivity contribution in [3.8, 4) is 5.75 Å². The summed E-state index contributed by atoms with van der Waals surface area (Å²) in [5, 5.41) is 2.95. The Hall–Kier alpha value is -2.81. The predicted octanol–water partition coefficient (Wildman–Crippen LogP) is 1.67. The molecule has 0 atom stereocenters. The fourth-order valence-electron chi connectivity index (χ4n) is 2.28. The van der Waals surface area contributed by atoms with E-state index in [9.17, 15) is 14.4 Å². The number of benzene rings is 1. The number of aromatic nitrogens is 2. The Morgan fingerprint density at radius 1 is 1.33 bits per heavy atom. The van der Waals surface area contributed by atoms with Crippen LogP contribution in [0.1, 0.15) is 28.5 Å². The molecule has 9 heteroatoms. The van der Waals surface area contributed by atoms with E-state index in [1.165, 1.54) is 0 Å². The normalized spacial score (nSPS) is 10.3. The fourth-order valence-corrected chi connectivity index (χ4v) is 3.17. The molecule has 27 heavy (non-hydrogen) atoms. The lowest BCUT2D eigenvalue weighted by Crippen LogP contribution is -2.25. The summed E-state index contributed by atoms with van der Waals surface area (Å²) < 4.78 is 10.1. The van der Waals surface area contributed by atoms with Gasteiger partial charge in [0.05, 0.1) is 19.5 Å². The number of carbonyl (C=O) groups is 2. The molecule has 0 aliphatic carbocycles. The highest BCUT2D eigenvalue weighted by Crippen LogP contribution is 2.21. The van der Waals surface area contributed by atoms with Crippen molar-refractivity contribution in [1.29, 1.82) is 0 Å². The number of nitrogens with zero attached hydrogens (tertiary/aromatic N) is 1. The van der Waals surface area contributed by atoms with E-state index >= 15 is 0 Å².